The Morgan fingerprint density at radius 2 is 2.33 bits per heavy atom. The molecule has 0 aliphatic carbocycles. The van der Waals surface area contributed by atoms with Crippen LogP contribution >= 0.6 is 12.2 Å². The van der Waals surface area contributed by atoms with Gasteiger partial charge in [-0.2, -0.15) is 0 Å². The topological polar surface area (TPSA) is 84.7 Å². The molecule has 1 rings (SSSR count). The molecule has 0 spiro atoms. The average Bonchev–Trinajstić information content (AvgIpc) is 2.26. The number of likely N-dealkylation sites (N-methyl/N-ethyl adjacent to an activating group) is 1. The Balaban J connectivity index is 2.53. The summed E-state index contributed by atoms with van der Waals surface area (Å²) in [6.45, 7) is 4.20. The summed E-state index contributed by atoms with van der Waals surface area (Å²) in [6.07, 6.45) is 0.248. The van der Waals surface area contributed by atoms with Gasteiger partial charge in [0, 0.05) is 19.6 Å². The lowest BCUT2D eigenvalue weighted by Crippen LogP contribution is -2.49. The molecule has 1 aliphatic heterocycles. The van der Waals surface area contributed by atoms with E-state index in [2.05, 4.69) is 9.62 Å². The van der Waals surface area contributed by atoms with E-state index in [0.717, 1.165) is 6.54 Å². The fraction of sp³-hybridized carbons (Fsp3) is 0.900. The molecule has 0 saturated carbocycles. The van der Waals surface area contributed by atoms with Crippen LogP contribution in [0.25, 0.3) is 0 Å². The monoisotopic (exact) mass is 295 g/mol. The van der Waals surface area contributed by atoms with Crippen LogP contribution < -0.4 is 10.5 Å². The summed E-state index contributed by atoms with van der Waals surface area (Å²) < 4.78 is 32.0. The van der Waals surface area contributed by atoms with Crippen LogP contribution in [0.1, 0.15) is 13.3 Å². The Hall–Kier alpha value is -0.280. The van der Waals surface area contributed by atoms with E-state index in [1.165, 1.54) is 0 Å². The molecular formula is C10H21N3O3S2. The maximum absolute atomic E-state index is 12.0. The van der Waals surface area contributed by atoms with Crippen LogP contribution in [0.15, 0.2) is 0 Å². The molecule has 2 unspecified atom stereocenters. The Morgan fingerprint density at radius 1 is 1.67 bits per heavy atom. The summed E-state index contributed by atoms with van der Waals surface area (Å²) in [7, 11) is -1.52. The third-order valence-corrected chi connectivity index (χ3v) is 5.26. The smallest absolute Gasteiger partial charge is 0.221 e. The standard InChI is InChI=1S/C10H21N3O3S2/c1-3-9(10(11)17)18(14,15)12-6-8-7-13(2)4-5-16-8/h8-9,12H,3-7H2,1-2H3,(H2,11,17). The van der Waals surface area contributed by atoms with E-state index in [1.807, 2.05) is 7.05 Å². The second-order valence-electron chi connectivity index (χ2n) is 4.45. The molecule has 1 aliphatic rings. The van der Waals surface area contributed by atoms with E-state index in [9.17, 15) is 8.42 Å². The summed E-state index contributed by atoms with van der Waals surface area (Å²) in [4.78, 5) is 2.11. The van der Waals surface area contributed by atoms with Crippen molar-refractivity contribution in [1.82, 2.24) is 9.62 Å². The van der Waals surface area contributed by atoms with Gasteiger partial charge in [-0.05, 0) is 13.5 Å². The molecule has 1 fully saturated rings. The van der Waals surface area contributed by atoms with Crippen molar-refractivity contribution in [2.24, 2.45) is 5.73 Å². The molecule has 8 heteroatoms. The Bertz CT molecular complexity index is 386. The van der Waals surface area contributed by atoms with Crippen molar-refractivity contribution >= 4 is 27.2 Å². The van der Waals surface area contributed by atoms with Crippen LogP contribution in [0.2, 0.25) is 0 Å². The molecule has 0 radical (unpaired) electrons. The minimum atomic E-state index is -3.50. The molecule has 0 amide bonds. The lowest BCUT2D eigenvalue weighted by atomic mass is 10.3. The maximum Gasteiger partial charge on any atom is 0.221 e. The van der Waals surface area contributed by atoms with Gasteiger partial charge in [-0.1, -0.05) is 19.1 Å². The summed E-state index contributed by atoms with van der Waals surface area (Å²) in [5.74, 6) is 0. The number of hydrogen-bond acceptors (Lipinski definition) is 5. The normalized spacial score (nSPS) is 23.8. The first-order valence-electron chi connectivity index (χ1n) is 5.94. The Morgan fingerprint density at radius 3 is 2.83 bits per heavy atom. The summed E-state index contributed by atoms with van der Waals surface area (Å²) in [5, 5.41) is -0.811. The van der Waals surface area contributed by atoms with E-state index < -0.39 is 15.3 Å². The lowest BCUT2D eigenvalue weighted by Gasteiger charge is -2.30. The molecule has 0 aromatic heterocycles. The Labute approximate surface area is 114 Å². The van der Waals surface area contributed by atoms with E-state index >= 15 is 0 Å². The highest BCUT2D eigenvalue weighted by atomic mass is 32.2. The summed E-state index contributed by atoms with van der Waals surface area (Å²) in [5.41, 5.74) is 5.44. The van der Waals surface area contributed by atoms with Crippen molar-refractivity contribution in [2.45, 2.75) is 24.7 Å². The van der Waals surface area contributed by atoms with E-state index in [4.69, 9.17) is 22.7 Å². The van der Waals surface area contributed by atoms with Crippen LogP contribution in [0.5, 0.6) is 0 Å². The number of morpholine rings is 1. The number of rotatable bonds is 6. The predicted octanol–water partition coefficient (Wildman–Crippen LogP) is -0.699. The van der Waals surface area contributed by atoms with Crippen LogP contribution in [0.4, 0.5) is 0 Å². The number of nitrogens with one attached hydrogen (secondary N) is 1. The minimum absolute atomic E-state index is 0.00619. The third kappa shape index (κ3) is 4.43. The molecule has 1 heterocycles. The SMILES string of the molecule is CCC(C(N)=S)S(=O)(=O)NCC1CN(C)CCO1. The maximum atomic E-state index is 12.0. The van der Waals surface area contributed by atoms with Crippen molar-refractivity contribution < 1.29 is 13.2 Å². The van der Waals surface area contributed by atoms with Crippen molar-refractivity contribution in [3.8, 4) is 0 Å². The van der Waals surface area contributed by atoms with Crippen LogP contribution in [0.3, 0.4) is 0 Å². The van der Waals surface area contributed by atoms with Gasteiger partial charge in [0.2, 0.25) is 10.0 Å². The number of hydrogen-bond donors (Lipinski definition) is 2. The van der Waals surface area contributed by atoms with Gasteiger partial charge in [0.15, 0.2) is 0 Å². The highest BCUT2D eigenvalue weighted by Gasteiger charge is 2.28. The number of nitrogens with zero attached hydrogens (tertiary/aromatic N) is 1. The molecule has 18 heavy (non-hydrogen) atoms. The molecule has 6 nitrogen and oxygen atoms in total. The first kappa shape index (κ1) is 15.8. The molecule has 3 N–H and O–H groups in total. The lowest BCUT2D eigenvalue weighted by molar-refractivity contribution is -0.0156. The largest absolute Gasteiger partial charge is 0.392 e. The zero-order chi connectivity index (χ0) is 13.8. The van der Waals surface area contributed by atoms with E-state index in [1.54, 1.807) is 6.92 Å². The molecule has 0 aromatic carbocycles. The highest BCUT2D eigenvalue weighted by Crippen LogP contribution is 2.07. The van der Waals surface area contributed by atoms with Crippen molar-refractivity contribution in [2.75, 3.05) is 33.3 Å². The fourth-order valence-electron chi connectivity index (χ4n) is 1.87. The van der Waals surface area contributed by atoms with Crippen LogP contribution in [-0.4, -0.2) is 62.9 Å². The van der Waals surface area contributed by atoms with Crippen LogP contribution in [0, 0.1) is 0 Å². The second-order valence-corrected chi connectivity index (χ2v) is 6.87. The minimum Gasteiger partial charge on any atom is -0.392 e. The van der Waals surface area contributed by atoms with Gasteiger partial charge in [-0.25, -0.2) is 13.1 Å². The highest BCUT2D eigenvalue weighted by molar-refractivity contribution is 7.93. The fourth-order valence-corrected chi connectivity index (χ4v) is 3.78. The molecule has 2 atom stereocenters. The number of thiocarbonyl (C=S) groups is 1. The first-order chi connectivity index (χ1) is 8.36. The molecular weight excluding hydrogens is 274 g/mol. The van der Waals surface area contributed by atoms with Crippen LogP contribution in [-0.2, 0) is 14.8 Å². The molecule has 0 aromatic rings. The van der Waals surface area contributed by atoms with Crippen molar-refractivity contribution in [3.63, 3.8) is 0 Å². The van der Waals surface area contributed by atoms with Crippen molar-refractivity contribution in [3.05, 3.63) is 0 Å². The van der Waals surface area contributed by atoms with Gasteiger partial charge < -0.3 is 15.4 Å². The van der Waals surface area contributed by atoms with E-state index in [-0.39, 0.29) is 17.6 Å². The molecule has 0 bridgehead atoms. The van der Waals surface area contributed by atoms with Gasteiger partial charge in [0.05, 0.1) is 17.7 Å². The van der Waals surface area contributed by atoms with Gasteiger partial charge in [-0.3, -0.25) is 0 Å². The van der Waals surface area contributed by atoms with E-state index in [0.29, 0.717) is 19.6 Å². The zero-order valence-corrected chi connectivity index (χ0v) is 12.4. The molecule has 106 valence electrons. The first-order valence-corrected chi connectivity index (χ1v) is 7.90. The third-order valence-electron chi connectivity index (χ3n) is 2.92. The quantitative estimate of drug-likeness (QED) is 0.631. The Kier molecular flexibility index (Phi) is 5.93. The second kappa shape index (κ2) is 6.76. The van der Waals surface area contributed by atoms with Gasteiger partial charge >= 0.3 is 0 Å². The molecule has 1 saturated heterocycles. The van der Waals surface area contributed by atoms with Gasteiger partial charge in [0.1, 0.15) is 5.25 Å². The predicted molar refractivity (Wildman–Crippen MR) is 75.0 cm³/mol. The number of nitrogens with two attached hydrogens (primary N) is 1. The van der Waals surface area contributed by atoms with Crippen molar-refractivity contribution in [1.29, 1.82) is 0 Å². The average molecular weight is 295 g/mol. The number of ether oxygens (including phenoxy) is 1. The number of sulfonamides is 1. The summed E-state index contributed by atoms with van der Waals surface area (Å²) in [6, 6.07) is 0. The summed E-state index contributed by atoms with van der Waals surface area (Å²) >= 11 is 4.77. The van der Waals surface area contributed by atoms with Gasteiger partial charge in [-0.15, -0.1) is 0 Å². The zero-order valence-electron chi connectivity index (χ0n) is 10.8. The van der Waals surface area contributed by atoms with Gasteiger partial charge in [0.25, 0.3) is 0 Å².